The van der Waals surface area contributed by atoms with Crippen molar-refractivity contribution in [3.8, 4) is 5.75 Å². The average Bonchev–Trinajstić information content (AvgIpc) is 2.00. The van der Waals surface area contributed by atoms with E-state index in [4.69, 9.17) is 5.11 Å². The third-order valence-corrected chi connectivity index (χ3v) is 3.92. The topological polar surface area (TPSA) is 101 Å². The first-order valence-corrected chi connectivity index (χ1v) is 6.35. The zero-order valence-corrected chi connectivity index (χ0v) is 8.72. The Morgan fingerprint density at radius 3 is 1.93 bits per heavy atom. The fourth-order valence-corrected chi connectivity index (χ4v) is 2.73. The second-order valence-corrected chi connectivity index (χ2v) is 5.54. The van der Waals surface area contributed by atoms with Crippen molar-refractivity contribution in [2.24, 2.45) is 0 Å². The van der Waals surface area contributed by atoms with Gasteiger partial charge in [0.25, 0.3) is 10.0 Å². The highest BCUT2D eigenvalue weighted by atomic mass is 32.3. The molecule has 0 radical (unpaired) electrons. The Kier molecular flexibility index (Phi) is 2.98. The number of halogens is 1. The van der Waals surface area contributed by atoms with Crippen molar-refractivity contribution >= 4 is 20.4 Å². The molecule has 1 aromatic carbocycles. The van der Waals surface area contributed by atoms with Crippen LogP contribution < -0.4 is 4.13 Å². The summed E-state index contributed by atoms with van der Waals surface area (Å²) >= 11 is 0. The molecule has 0 bridgehead atoms. The molecule has 1 rings (SSSR count). The van der Waals surface area contributed by atoms with E-state index in [-0.39, 0.29) is 5.75 Å². The third kappa shape index (κ3) is 3.46. The second-order valence-electron chi connectivity index (χ2n) is 2.52. The van der Waals surface area contributed by atoms with Crippen molar-refractivity contribution in [2.75, 3.05) is 0 Å². The van der Waals surface area contributed by atoms with Crippen molar-refractivity contribution < 1.29 is 25.8 Å². The van der Waals surface area contributed by atoms with Crippen molar-refractivity contribution in [3.05, 3.63) is 24.3 Å². The summed E-state index contributed by atoms with van der Waals surface area (Å²) in [6.07, 6.45) is 0. The molecule has 0 amide bonds. The predicted octanol–water partition coefficient (Wildman–Crippen LogP) is -0.115. The highest BCUT2D eigenvalue weighted by Crippen LogP contribution is 2.14. The van der Waals surface area contributed by atoms with E-state index in [1.807, 2.05) is 0 Å². The fraction of sp³-hybridized carbons (Fsp3) is 0. The number of sulfonamides is 1. The molecule has 15 heavy (non-hydrogen) atoms. The Morgan fingerprint density at radius 1 is 1.07 bits per heavy atom. The van der Waals surface area contributed by atoms with E-state index in [1.54, 1.807) is 0 Å². The minimum Gasteiger partial charge on any atom is -0.508 e. The van der Waals surface area contributed by atoms with Gasteiger partial charge in [0.2, 0.25) is 0 Å². The summed E-state index contributed by atoms with van der Waals surface area (Å²) in [6, 6.07) is 3.92. The average molecular weight is 255 g/mol. The molecule has 1 aromatic rings. The maximum absolute atomic E-state index is 12.1. The van der Waals surface area contributed by atoms with Gasteiger partial charge in [-0.2, -0.15) is 8.42 Å². The monoisotopic (exact) mass is 255 g/mol. The van der Waals surface area contributed by atoms with Gasteiger partial charge in [-0.25, -0.2) is 8.42 Å². The van der Waals surface area contributed by atoms with Crippen LogP contribution in [0.2, 0.25) is 0 Å². The van der Waals surface area contributed by atoms with Crippen LogP contribution >= 0.6 is 0 Å². The summed E-state index contributed by atoms with van der Waals surface area (Å²) in [5, 5.41) is 8.85. The zero-order valence-electron chi connectivity index (χ0n) is 7.08. The lowest BCUT2D eigenvalue weighted by atomic mass is 10.3. The summed E-state index contributed by atoms with van der Waals surface area (Å²) in [4.78, 5) is -0.471. The molecule has 84 valence electrons. The van der Waals surface area contributed by atoms with Crippen LogP contribution in [0.25, 0.3) is 0 Å². The van der Waals surface area contributed by atoms with Crippen LogP contribution in [0.1, 0.15) is 0 Å². The number of aromatic hydroxyl groups is 1. The molecule has 6 nitrogen and oxygen atoms in total. The van der Waals surface area contributed by atoms with Gasteiger partial charge in [0.1, 0.15) is 5.75 Å². The number of rotatable bonds is 3. The van der Waals surface area contributed by atoms with Crippen LogP contribution in [0.4, 0.5) is 3.89 Å². The van der Waals surface area contributed by atoms with E-state index in [2.05, 4.69) is 0 Å². The van der Waals surface area contributed by atoms with Crippen LogP contribution in [0, 0.1) is 0 Å². The first-order valence-electron chi connectivity index (χ1n) is 3.48. The van der Waals surface area contributed by atoms with Crippen LogP contribution in [0.3, 0.4) is 0 Å². The van der Waals surface area contributed by atoms with Gasteiger partial charge in [-0.3, -0.25) is 0 Å². The maximum Gasteiger partial charge on any atom is 0.385 e. The van der Waals surface area contributed by atoms with Crippen LogP contribution in [0.15, 0.2) is 29.2 Å². The number of phenols is 1. The van der Waals surface area contributed by atoms with Gasteiger partial charge < -0.3 is 5.11 Å². The Bertz CT molecular complexity index is 548. The van der Waals surface area contributed by atoms with E-state index in [9.17, 15) is 20.7 Å². The number of benzene rings is 1. The van der Waals surface area contributed by atoms with E-state index < -0.39 is 25.3 Å². The first-order chi connectivity index (χ1) is 6.71. The van der Waals surface area contributed by atoms with Crippen molar-refractivity contribution in [3.63, 3.8) is 0 Å². The van der Waals surface area contributed by atoms with Crippen molar-refractivity contribution in [1.29, 1.82) is 0 Å². The molecule has 0 spiro atoms. The minimum atomic E-state index is -5.34. The highest BCUT2D eigenvalue weighted by Gasteiger charge is 2.21. The predicted molar refractivity (Wildman–Crippen MR) is 48.5 cm³/mol. The zero-order chi connectivity index (χ0) is 11.7. The molecule has 0 saturated carbocycles. The maximum atomic E-state index is 12.1. The molecule has 0 aromatic heterocycles. The molecule has 2 N–H and O–H groups in total. The summed E-state index contributed by atoms with van der Waals surface area (Å²) in [5.41, 5.74) is 0. The lowest BCUT2D eigenvalue weighted by molar-refractivity contribution is 0.475. The van der Waals surface area contributed by atoms with E-state index in [0.29, 0.717) is 0 Å². The fourth-order valence-electron chi connectivity index (χ4n) is 0.804. The number of phenolic OH excluding ortho intramolecular Hbond substituents is 1. The molecule has 9 heteroatoms. The molecule has 0 saturated heterocycles. The van der Waals surface area contributed by atoms with Gasteiger partial charge in [-0.15, -0.1) is 0 Å². The lowest BCUT2D eigenvalue weighted by Gasteiger charge is -2.02. The SMILES string of the molecule is O=S(=O)(F)NS(=O)(=O)c1ccc(O)cc1. The molecular weight excluding hydrogens is 249 g/mol. The quantitative estimate of drug-likeness (QED) is 0.734. The Morgan fingerprint density at radius 2 is 1.53 bits per heavy atom. The van der Waals surface area contributed by atoms with Crippen molar-refractivity contribution in [2.45, 2.75) is 4.90 Å². The van der Waals surface area contributed by atoms with Gasteiger partial charge >= 0.3 is 10.4 Å². The first kappa shape index (κ1) is 11.9. The van der Waals surface area contributed by atoms with E-state index in [0.717, 1.165) is 28.4 Å². The molecule has 0 aliphatic heterocycles. The Hall–Kier alpha value is -1.19. The van der Waals surface area contributed by atoms with Gasteiger partial charge in [-0.1, -0.05) is 8.01 Å². The Labute approximate surface area is 85.8 Å². The van der Waals surface area contributed by atoms with Gasteiger partial charge in [-0.05, 0) is 24.3 Å². The van der Waals surface area contributed by atoms with Gasteiger partial charge in [0.15, 0.2) is 0 Å². The summed E-state index contributed by atoms with van der Waals surface area (Å²) in [7, 11) is -9.80. The Balaban J connectivity index is 3.13. The summed E-state index contributed by atoms with van der Waals surface area (Å²) < 4.78 is 55.4. The molecule has 0 fully saturated rings. The van der Waals surface area contributed by atoms with Crippen LogP contribution in [-0.2, 0) is 20.4 Å². The smallest absolute Gasteiger partial charge is 0.385 e. The van der Waals surface area contributed by atoms with E-state index in [1.165, 1.54) is 0 Å². The number of hydrogen-bond donors (Lipinski definition) is 2. The second kappa shape index (κ2) is 3.76. The normalized spacial score (nSPS) is 12.6. The molecular formula is C6H6FNO5S2. The molecule has 0 heterocycles. The lowest BCUT2D eigenvalue weighted by Crippen LogP contribution is -2.27. The largest absolute Gasteiger partial charge is 0.508 e. The molecule has 0 aliphatic rings. The van der Waals surface area contributed by atoms with Gasteiger partial charge in [0.05, 0.1) is 4.90 Å². The standard InChI is InChI=1S/C6H6FNO5S2/c7-15(12,13)8-14(10,11)6-3-1-5(9)2-4-6/h1-4,8-9H. The van der Waals surface area contributed by atoms with Crippen LogP contribution in [0.5, 0.6) is 5.75 Å². The highest BCUT2D eigenvalue weighted by molar-refractivity contribution is 8.02. The van der Waals surface area contributed by atoms with Gasteiger partial charge in [0, 0.05) is 0 Å². The molecule has 0 aliphatic carbocycles. The third-order valence-electron chi connectivity index (χ3n) is 1.36. The number of hydrogen-bond acceptors (Lipinski definition) is 5. The molecule has 0 atom stereocenters. The molecule has 0 unspecified atom stereocenters. The number of nitrogens with one attached hydrogen (secondary N) is 1. The summed E-state index contributed by atoms with van der Waals surface area (Å²) in [5.74, 6) is -0.197. The minimum absolute atomic E-state index is 0.197. The van der Waals surface area contributed by atoms with E-state index >= 15 is 0 Å². The van der Waals surface area contributed by atoms with Crippen LogP contribution in [-0.4, -0.2) is 21.9 Å². The summed E-state index contributed by atoms with van der Waals surface area (Å²) in [6.45, 7) is 0. The van der Waals surface area contributed by atoms with Crippen molar-refractivity contribution in [1.82, 2.24) is 4.13 Å².